The molecule has 0 aliphatic carbocycles. The Kier molecular flexibility index (Phi) is 2.97. The molecule has 0 fully saturated rings. The SMILES string of the molecule is CC(C)Cc1c(C(F)(F)F)nn(C)c1N. The Hall–Kier alpha value is -1.20. The third-order valence-corrected chi connectivity index (χ3v) is 2.07. The number of rotatable bonds is 2. The predicted octanol–water partition coefficient (Wildman–Crippen LogP) is 2.22. The first kappa shape index (κ1) is 11.9. The van der Waals surface area contributed by atoms with Crippen molar-refractivity contribution in [2.45, 2.75) is 26.4 Å². The van der Waals surface area contributed by atoms with Crippen molar-refractivity contribution in [3.63, 3.8) is 0 Å². The van der Waals surface area contributed by atoms with E-state index in [1.54, 1.807) is 0 Å². The number of nitrogens with zero attached hydrogens (tertiary/aromatic N) is 2. The van der Waals surface area contributed by atoms with E-state index in [4.69, 9.17) is 5.73 Å². The van der Waals surface area contributed by atoms with Crippen molar-refractivity contribution in [1.82, 2.24) is 9.78 Å². The van der Waals surface area contributed by atoms with E-state index < -0.39 is 11.9 Å². The molecule has 0 unspecified atom stereocenters. The molecule has 0 saturated carbocycles. The first-order chi connectivity index (χ1) is 6.73. The van der Waals surface area contributed by atoms with Gasteiger partial charge in [-0.25, -0.2) is 0 Å². The van der Waals surface area contributed by atoms with Crippen LogP contribution in [-0.2, 0) is 19.6 Å². The number of anilines is 1. The summed E-state index contributed by atoms with van der Waals surface area (Å²) in [5.74, 6) is 0.202. The van der Waals surface area contributed by atoms with E-state index >= 15 is 0 Å². The number of halogens is 3. The fourth-order valence-corrected chi connectivity index (χ4v) is 1.42. The lowest BCUT2D eigenvalue weighted by Gasteiger charge is -2.08. The maximum Gasteiger partial charge on any atom is 0.435 e. The summed E-state index contributed by atoms with van der Waals surface area (Å²) in [4.78, 5) is 0. The van der Waals surface area contributed by atoms with Gasteiger partial charge < -0.3 is 5.73 Å². The van der Waals surface area contributed by atoms with Crippen LogP contribution in [0.25, 0.3) is 0 Å². The highest BCUT2D eigenvalue weighted by Gasteiger charge is 2.38. The van der Waals surface area contributed by atoms with Crippen molar-refractivity contribution in [3.05, 3.63) is 11.3 Å². The predicted molar refractivity (Wildman–Crippen MR) is 51.2 cm³/mol. The Bertz CT molecular complexity index is 352. The third-order valence-electron chi connectivity index (χ3n) is 2.07. The number of hydrogen-bond acceptors (Lipinski definition) is 2. The molecular weight excluding hydrogens is 207 g/mol. The molecule has 1 aromatic rings. The first-order valence-electron chi connectivity index (χ1n) is 4.62. The summed E-state index contributed by atoms with van der Waals surface area (Å²) in [6.45, 7) is 3.68. The van der Waals surface area contributed by atoms with Crippen LogP contribution in [0.1, 0.15) is 25.1 Å². The van der Waals surface area contributed by atoms with Crippen LogP contribution in [-0.4, -0.2) is 9.78 Å². The zero-order valence-corrected chi connectivity index (χ0v) is 8.89. The number of aryl methyl sites for hydroxylation is 1. The topological polar surface area (TPSA) is 43.8 Å². The van der Waals surface area contributed by atoms with Gasteiger partial charge >= 0.3 is 6.18 Å². The van der Waals surface area contributed by atoms with Gasteiger partial charge in [0.15, 0.2) is 5.69 Å². The molecule has 0 amide bonds. The van der Waals surface area contributed by atoms with Gasteiger partial charge in [0.2, 0.25) is 0 Å². The summed E-state index contributed by atoms with van der Waals surface area (Å²) in [6.07, 6.45) is -4.14. The van der Waals surface area contributed by atoms with Crippen LogP contribution in [0.4, 0.5) is 19.0 Å². The molecule has 0 radical (unpaired) electrons. The van der Waals surface area contributed by atoms with Crippen LogP contribution in [0.5, 0.6) is 0 Å². The average Bonchev–Trinajstić information content (AvgIpc) is 2.30. The Morgan fingerprint density at radius 1 is 1.40 bits per heavy atom. The second kappa shape index (κ2) is 3.75. The Labute approximate surface area is 86.1 Å². The summed E-state index contributed by atoms with van der Waals surface area (Å²) in [5, 5.41) is 3.40. The quantitative estimate of drug-likeness (QED) is 0.832. The molecule has 2 N–H and O–H groups in total. The lowest BCUT2D eigenvalue weighted by atomic mass is 10.0. The van der Waals surface area contributed by atoms with E-state index in [9.17, 15) is 13.2 Å². The van der Waals surface area contributed by atoms with Crippen molar-refractivity contribution in [2.75, 3.05) is 5.73 Å². The third kappa shape index (κ3) is 2.43. The fourth-order valence-electron chi connectivity index (χ4n) is 1.42. The van der Waals surface area contributed by atoms with Crippen molar-refractivity contribution < 1.29 is 13.2 Å². The monoisotopic (exact) mass is 221 g/mol. The van der Waals surface area contributed by atoms with Gasteiger partial charge in [-0.2, -0.15) is 18.3 Å². The lowest BCUT2D eigenvalue weighted by molar-refractivity contribution is -0.142. The molecule has 15 heavy (non-hydrogen) atoms. The van der Waals surface area contributed by atoms with Gasteiger partial charge in [0.1, 0.15) is 5.82 Å². The number of alkyl halides is 3. The van der Waals surface area contributed by atoms with E-state index in [-0.39, 0.29) is 23.7 Å². The maximum absolute atomic E-state index is 12.6. The summed E-state index contributed by atoms with van der Waals surface area (Å²) >= 11 is 0. The van der Waals surface area contributed by atoms with E-state index in [0.29, 0.717) is 0 Å². The minimum Gasteiger partial charge on any atom is -0.384 e. The van der Waals surface area contributed by atoms with Crippen molar-refractivity contribution in [2.24, 2.45) is 13.0 Å². The molecule has 1 aromatic heterocycles. The molecule has 86 valence electrons. The maximum atomic E-state index is 12.6. The minimum atomic E-state index is -4.43. The lowest BCUT2D eigenvalue weighted by Crippen LogP contribution is -2.11. The minimum absolute atomic E-state index is 0.0935. The van der Waals surface area contributed by atoms with Crippen molar-refractivity contribution >= 4 is 5.82 Å². The van der Waals surface area contributed by atoms with Gasteiger partial charge in [-0.05, 0) is 12.3 Å². The molecule has 0 aromatic carbocycles. The second-order valence-electron chi connectivity index (χ2n) is 3.93. The van der Waals surface area contributed by atoms with Crippen LogP contribution in [0.3, 0.4) is 0 Å². The Morgan fingerprint density at radius 3 is 2.33 bits per heavy atom. The summed E-state index contributed by atoms with van der Waals surface area (Å²) < 4.78 is 38.8. The molecule has 3 nitrogen and oxygen atoms in total. The molecule has 6 heteroatoms. The number of hydrogen-bond donors (Lipinski definition) is 1. The van der Waals surface area contributed by atoms with E-state index in [2.05, 4.69) is 5.10 Å². The van der Waals surface area contributed by atoms with Crippen molar-refractivity contribution in [3.8, 4) is 0 Å². The van der Waals surface area contributed by atoms with Gasteiger partial charge in [0, 0.05) is 12.6 Å². The van der Waals surface area contributed by atoms with Gasteiger partial charge in [-0.15, -0.1) is 0 Å². The van der Waals surface area contributed by atoms with E-state index in [0.717, 1.165) is 4.68 Å². The molecule has 0 saturated heterocycles. The molecule has 0 aliphatic rings. The van der Waals surface area contributed by atoms with Crippen LogP contribution in [0.2, 0.25) is 0 Å². The Balaban J connectivity index is 3.21. The zero-order chi connectivity index (χ0) is 11.8. The molecule has 0 atom stereocenters. The van der Waals surface area contributed by atoms with Crippen LogP contribution < -0.4 is 5.73 Å². The normalized spacial score (nSPS) is 12.5. The van der Waals surface area contributed by atoms with Gasteiger partial charge in [-0.1, -0.05) is 13.8 Å². The largest absolute Gasteiger partial charge is 0.435 e. The number of nitrogens with two attached hydrogens (primary N) is 1. The summed E-state index contributed by atoms with van der Waals surface area (Å²) in [6, 6.07) is 0. The van der Waals surface area contributed by atoms with E-state index in [1.807, 2.05) is 13.8 Å². The van der Waals surface area contributed by atoms with Crippen LogP contribution in [0.15, 0.2) is 0 Å². The molecule has 0 spiro atoms. The second-order valence-corrected chi connectivity index (χ2v) is 3.93. The highest BCUT2D eigenvalue weighted by Crippen LogP contribution is 2.34. The van der Waals surface area contributed by atoms with Gasteiger partial charge in [-0.3, -0.25) is 4.68 Å². The number of aromatic nitrogens is 2. The summed E-state index contributed by atoms with van der Waals surface area (Å²) in [7, 11) is 1.41. The zero-order valence-electron chi connectivity index (χ0n) is 8.89. The molecule has 0 bridgehead atoms. The van der Waals surface area contributed by atoms with Crippen LogP contribution in [0, 0.1) is 5.92 Å². The molecule has 1 heterocycles. The summed E-state index contributed by atoms with van der Waals surface area (Å²) in [5.41, 5.74) is 4.78. The first-order valence-corrected chi connectivity index (χ1v) is 4.62. The number of nitrogen functional groups attached to an aromatic ring is 1. The smallest absolute Gasteiger partial charge is 0.384 e. The van der Waals surface area contributed by atoms with E-state index in [1.165, 1.54) is 7.05 Å². The highest BCUT2D eigenvalue weighted by molar-refractivity contribution is 5.44. The standard InChI is InChI=1S/C9H14F3N3/c1-5(2)4-6-7(9(10,11)12)14-15(3)8(6)13/h5H,4,13H2,1-3H3. The highest BCUT2D eigenvalue weighted by atomic mass is 19.4. The Morgan fingerprint density at radius 2 is 1.93 bits per heavy atom. The average molecular weight is 221 g/mol. The van der Waals surface area contributed by atoms with Gasteiger partial charge in [0.25, 0.3) is 0 Å². The fraction of sp³-hybridized carbons (Fsp3) is 0.667. The molecule has 0 aliphatic heterocycles. The van der Waals surface area contributed by atoms with Crippen molar-refractivity contribution in [1.29, 1.82) is 0 Å². The van der Waals surface area contributed by atoms with Gasteiger partial charge in [0.05, 0.1) is 0 Å². The molecular formula is C9H14F3N3. The molecule has 1 rings (SSSR count). The van der Waals surface area contributed by atoms with Crippen LogP contribution >= 0.6 is 0 Å².